The SMILES string of the molecule is CCOC=Nc1c(C#N)c(-c2ccc(Cl)cc2)cn1-c1ccccc1. The van der Waals surface area contributed by atoms with Gasteiger partial charge in [-0.05, 0) is 36.8 Å². The molecule has 5 heteroatoms. The molecule has 0 saturated carbocycles. The first-order valence-electron chi connectivity index (χ1n) is 7.85. The fourth-order valence-corrected chi connectivity index (χ4v) is 2.65. The van der Waals surface area contributed by atoms with Crippen LogP contribution < -0.4 is 0 Å². The highest BCUT2D eigenvalue weighted by Crippen LogP contribution is 2.35. The molecule has 124 valence electrons. The van der Waals surface area contributed by atoms with Crippen molar-refractivity contribution in [1.29, 1.82) is 5.26 Å². The van der Waals surface area contributed by atoms with E-state index in [1.165, 1.54) is 6.40 Å². The van der Waals surface area contributed by atoms with E-state index in [1.807, 2.05) is 60.2 Å². The second kappa shape index (κ2) is 7.69. The van der Waals surface area contributed by atoms with Crippen molar-refractivity contribution in [1.82, 2.24) is 4.57 Å². The molecule has 0 aliphatic heterocycles. The van der Waals surface area contributed by atoms with E-state index in [0.29, 0.717) is 23.0 Å². The monoisotopic (exact) mass is 349 g/mol. The van der Waals surface area contributed by atoms with E-state index in [9.17, 15) is 5.26 Å². The first-order valence-corrected chi connectivity index (χ1v) is 8.23. The lowest BCUT2D eigenvalue weighted by Crippen LogP contribution is -1.92. The van der Waals surface area contributed by atoms with Crippen LogP contribution in [-0.4, -0.2) is 17.6 Å². The summed E-state index contributed by atoms with van der Waals surface area (Å²) < 4.78 is 7.11. The molecule has 0 bridgehead atoms. The number of nitrogens with zero attached hydrogens (tertiary/aromatic N) is 3. The van der Waals surface area contributed by atoms with Crippen molar-refractivity contribution in [2.24, 2.45) is 4.99 Å². The van der Waals surface area contributed by atoms with Crippen molar-refractivity contribution >= 4 is 23.8 Å². The molecule has 0 spiro atoms. The highest BCUT2D eigenvalue weighted by Gasteiger charge is 2.17. The summed E-state index contributed by atoms with van der Waals surface area (Å²) in [5, 5.41) is 10.4. The van der Waals surface area contributed by atoms with Gasteiger partial charge in [0.25, 0.3) is 0 Å². The molecule has 0 radical (unpaired) electrons. The number of ether oxygens (including phenoxy) is 1. The predicted octanol–water partition coefficient (Wildman–Crippen LogP) is 5.37. The van der Waals surface area contributed by atoms with E-state index in [-0.39, 0.29) is 0 Å². The zero-order valence-corrected chi connectivity index (χ0v) is 14.4. The number of aromatic nitrogens is 1. The summed E-state index contributed by atoms with van der Waals surface area (Å²) in [5.74, 6) is 0.534. The maximum Gasteiger partial charge on any atom is 0.176 e. The maximum atomic E-state index is 9.73. The van der Waals surface area contributed by atoms with Gasteiger partial charge in [0.1, 0.15) is 11.6 Å². The molecule has 1 heterocycles. The predicted molar refractivity (Wildman–Crippen MR) is 101 cm³/mol. The summed E-state index contributed by atoms with van der Waals surface area (Å²) in [5.41, 5.74) is 3.11. The zero-order chi connectivity index (χ0) is 17.6. The Morgan fingerprint density at radius 1 is 1.16 bits per heavy atom. The van der Waals surface area contributed by atoms with Crippen molar-refractivity contribution in [3.63, 3.8) is 0 Å². The molecule has 3 aromatic rings. The number of halogens is 1. The van der Waals surface area contributed by atoms with Crippen LogP contribution in [0.5, 0.6) is 0 Å². The molecule has 0 aliphatic carbocycles. The van der Waals surface area contributed by atoms with E-state index in [2.05, 4.69) is 11.1 Å². The summed E-state index contributed by atoms with van der Waals surface area (Å²) in [7, 11) is 0. The molecule has 0 fully saturated rings. The molecule has 2 aromatic carbocycles. The second-order valence-corrected chi connectivity index (χ2v) is 5.69. The first-order chi connectivity index (χ1) is 12.2. The van der Waals surface area contributed by atoms with Gasteiger partial charge < -0.3 is 4.74 Å². The third-order valence-corrected chi connectivity index (χ3v) is 3.95. The minimum atomic E-state index is 0.488. The van der Waals surface area contributed by atoms with Gasteiger partial charge in [0.15, 0.2) is 12.2 Å². The Morgan fingerprint density at radius 3 is 2.52 bits per heavy atom. The lowest BCUT2D eigenvalue weighted by Gasteiger charge is -2.05. The van der Waals surface area contributed by atoms with Crippen LogP contribution in [0.15, 0.2) is 65.8 Å². The Kier molecular flexibility index (Phi) is 5.17. The third-order valence-electron chi connectivity index (χ3n) is 3.70. The molecule has 0 aliphatic rings. The van der Waals surface area contributed by atoms with Gasteiger partial charge in [-0.15, -0.1) is 0 Å². The highest BCUT2D eigenvalue weighted by atomic mass is 35.5. The number of rotatable bonds is 5. The van der Waals surface area contributed by atoms with Gasteiger partial charge in [-0.3, -0.25) is 4.57 Å². The Hall–Kier alpha value is -3.03. The van der Waals surface area contributed by atoms with Gasteiger partial charge in [0, 0.05) is 22.5 Å². The fourth-order valence-electron chi connectivity index (χ4n) is 2.53. The lowest BCUT2D eigenvalue weighted by atomic mass is 10.1. The number of nitriles is 1. The Morgan fingerprint density at radius 2 is 1.88 bits per heavy atom. The molecule has 0 saturated heterocycles. The molecule has 0 atom stereocenters. The van der Waals surface area contributed by atoms with Crippen molar-refractivity contribution in [3.05, 3.63) is 71.4 Å². The standard InChI is InChI=1S/C20H16ClN3O/c1-2-25-14-23-20-18(12-22)19(15-8-10-16(21)11-9-15)13-24(20)17-6-4-3-5-7-17/h3-11,13-14H,2H2,1H3. The maximum absolute atomic E-state index is 9.73. The van der Waals surface area contributed by atoms with Crippen LogP contribution in [0.4, 0.5) is 5.82 Å². The summed E-state index contributed by atoms with van der Waals surface area (Å²) >= 11 is 5.98. The summed E-state index contributed by atoms with van der Waals surface area (Å²) in [6.07, 6.45) is 3.29. The van der Waals surface area contributed by atoms with Crippen LogP contribution in [0.25, 0.3) is 16.8 Å². The molecule has 3 rings (SSSR count). The van der Waals surface area contributed by atoms with Crippen LogP contribution in [0.3, 0.4) is 0 Å². The number of para-hydroxylation sites is 1. The average Bonchev–Trinajstić information content (AvgIpc) is 3.02. The number of aliphatic imine (C=N–C) groups is 1. The van der Waals surface area contributed by atoms with Gasteiger partial charge >= 0.3 is 0 Å². The highest BCUT2D eigenvalue weighted by molar-refractivity contribution is 6.30. The quantitative estimate of drug-likeness (QED) is 0.459. The normalized spacial score (nSPS) is 10.8. The van der Waals surface area contributed by atoms with Crippen LogP contribution in [0.1, 0.15) is 12.5 Å². The first kappa shape index (κ1) is 16.8. The molecular formula is C20H16ClN3O. The van der Waals surface area contributed by atoms with Gasteiger partial charge in [-0.1, -0.05) is 41.9 Å². The van der Waals surface area contributed by atoms with E-state index in [1.54, 1.807) is 12.1 Å². The Balaban J connectivity index is 2.20. The minimum absolute atomic E-state index is 0.488. The summed E-state index contributed by atoms with van der Waals surface area (Å²) in [6, 6.07) is 19.4. The molecule has 25 heavy (non-hydrogen) atoms. The topological polar surface area (TPSA) is 50.3 Å². The van der Waals surface area contributed by atoms with Crippen molar-refractivity contribution in [2.45, 2.75) is 6.92 Å². The van der Waals surface area contributed by atoms with Gasteiger partial charge in [-0.25, -0.2) is 4.99 Å². The fraction of sp³-hybridized carbons (Fsp3) is 0.100. The molecular weight excluding hydrogens is 334 g/mol. The van der Waals surface area contributed by atoms with E-state index < -0.39 is 0 Å². The molecule has 0 N–H and O–H groups in total. The Labute approximate surface area is 151 Å². The second-order valence-electron chi connectivity index (χ2n) is 5.26. The van der Waals surface area contributed by atoms with E-state index >= 15 is 0 Å². The van der Waals surface area contributed by atoms with Gasteiger partial charge in [-0.2, -0.15) is 5.26 Å². The summed E-state index contributed by atoms with van der Waals surface area (Å²) in [4.78, 5) is 4.37. The van der Waals surface area contributed by atoms with Crippen molar-refractivity contribution < 1.29 is 4.74 Å². The van der Waals surface area contributed by atoms with E-state index in [4.69, 9.17) is 16.3 Å². The van der Waals surface area contributed by atoms with E-state index in [0.717, 1.165) is 16.8 Å². The third kappa shape index (κ3) is 3.57. The number of hydrogen-bond acceptors (Lipinski definition) is 3. The smallest absolute Gasteiger partial charge is 0.176 e. The van der Waals surface area contributed by atoms with Gasteiger partial charge in [0.05, 0.1) is 6.61 Å². The van der Waals surface area contributed by atoms with Crippen LogP contribution in [0.2, 0.25) is 5.02 Å². The van der Waals surface area contributed by atoms with Crippen molar-refractivity contribution in [3.8, 4) is 22.9 Å². The number of hydrogen-bond donors (Lipinski definition) is 0. The lowest BCUT2D eigenvalue weighted by molar-refractivity contribution is 0.344. The molecule has 0 unspecified atom stereocenters. The summed E-state index contributed by atoms with van der Waals surface area (Å²) in [6.45, 7) is 2.40. The average molecular weight is 350 g/mol. The van der Waals surface area contributed by atoms with Crippen LogP contribution in [-0.2, 0) is 4.74 Å². The van der Waals surface area contributed by atoms with Crippen molar-refractivity contribution in [2.75, 3.05) is 6.61 Å². The largest absolute Gasteiger partial charge is 0.483 e. The minimum Gasteiger partial charge on any atom is -0.483 e. The molecule has 1 aromatic heterocycles. The van der Waals surface area contributed by atoms with Gasteiger partial charge in [0.2, 0.25) is 0 Å². The number of benzene rings is 2. The zero-order valence-electron chi connectivity index (χ0n) is 13.7. The van der Waals surface area contributed by atoms with Crippen LogP contribution >= 0.6 is 11.6 Å². The van der Waals surface area contributed by atoms with Crippen LogP contribution in [0, 0.1) is 11.3 Å². The Bertz CT molecular complexity index is 922. The molecule has 4 nitrogen and oxygen atoms in total. The molecule has 0 amide bonds.